The molecule has 2 aliphatic heterocycles. The van der Waals surface area contributed by atoms with Crippen molar-refractivity contribution < 1.29 is 103 Å². The molecular formula is C94H124O22P2S2SeSi2. The molecule has 0 radical (unpaired) electrons. The standard InChI is InChI=1S/C50H65O11PSSeSi.C44H59O11PSSi/c1-34(35(2)61-63-62)20-25-42(58-48(51)37-16-12-10-13-17-37)47-43(59-50(3,4)60-47)26-27-45(64-40-18-14-11-15-19-40)41-30-39(56-32-36-21-23-38(54-6)24-22-36)31-44(57-33-53-5)46(41)49(52)55-28-29-65(7,8)9;1-30(31(2)55-57-56)18-23-37(52-42(45)33-14-11-10-12-15-33)41-38(53-44(3,4)54-41)17-13-16-34-26-36(50-28-32-19-21-35(48-6)22-20-32)27-39(51-29-47-5)40(34)43(46)49-24-25-58(7,8)9/h10-25,30-31,34-35,42-43,45,47H,26-29,32-33,62H2,1-9H3;10-16,18-23,26-27,30-31,37-38,41H,17,24-25,28-29,56H2,1-9H3/b25-20-;16-13+,23-18-/t34-,35+,42?,43+,45?,47-;30-,31+,37?,38+,41-/m11/s1/i62T;56T/t34-,35+,42?,43+,45?,47-,62?;30-,31+,37?,38+,41-,56?. The average Bonchev–Trinajstić information content (AvgIpc) is 1.28. The van der Waals surface area contributed by atoms with Gasteiger partial charge in [0.15, 0.2) is 12.6 Å². The molecular weight excluding hydrogens is 1740 g/mol. The van der Waals surface area contributed by atoms with Crippen molar-refractivity contribution >= 4 is 106 Å². The maximum absolute atomic E-state index is 14.5. The zero-order chi connectivity index (χ0) is 90.7. The van der Waals surface area contributed by atoms with E-state index in [0.717, 1.165) is 68.1 Å². The monoisotopic (exact) mass is 1870 g/mol. The fourth-order valence-corrected chi connectivity index (χ4v) is 18.5. The van der Waals surface area contributed by atoms with Gasteiger partial charge in [-0.2, -0.15) is 0 Å². The summed E-state index contributed by atoms with van der Waals surface area (Å²) >= 11 is 1.99. The van der Waals surface area contributed by atoms with Gasteiger partial charge in [-0.1, -0.05) is 75.1 Å². The van der Waals surface area contributed by atoms with Crippen molar-refractivity contribution in [2.45, 2.75) is 204 Å². The first kappa shape index (κ1) is 97.8. The zero-order valence-electron chi connectivity index (χ0n) is 75.9. The van der Waals surface area contributed by atoms with E-state index in [4.69, 9.17) is 86.7 Å². The molecule has 5 unspecified atom stereocenters. The minimum atomic E-state index is -1.54. The van der Waals surface area contributed by atoms with Crippen molar-refractivity contribution in [1.29, 1.82) is 2.56 Å². The molecule has 0 amide bonds. The van der Waals surface area contributed by atoms with E-state index in [2.05, 4.69) is 51.4 Å². The number of rotatable bonds is 49. The number of carbonyl (C=O) groups excluding carboxylic acids is 4. The number of ether oxygens (including phenoxy) is 16. The van der Waals surface area contributed by atoms with Crippen LogP contribution in [0.3, 0.4) is 0 Å². The first-order chi connectivity index (χ1) is 59.7. The Morgan fingerprint density at radius 1 is 0.512 bits per heavy atom. The van der Waals surface area contributed by atoms with E-state index in [-0.39, 0.29) is 112 Å². The second-order valence-electron chi connectivity index (χ2n) is 33.2. The Labute approximate surface area is 751 Å². The van der Waals surface area contributed by atoms with Gasteiger partial charge in [0.2, 0.25) is 0 Å². The van der Waals surface area contributed by atoms with Crippen molar-refractivity contribution in [2.24, 2.45) is 11.8 Å². The van der Waals surface area contributed by atoms with Gasteiger partial charge in [0, 0.05) is 38.8 Å². The number of hydrogen-bond acceptors (Lipinski definition) is 24. The molecule has 2 fully saturated rings. The third kappa shape index (κ3) is 33.7. The van der Waals surface area contributed by atoms with Crippen molar-refractivity contribution in [3.05, 3.63) is 239 Å². The van der Waals surface area contributed by atoms with E-state index in [1.54, 1.807) is 80.9 Å². The van der Waals surface area contributed by atoms with Crippen LogP contribution in [0, 0.1) is 11.8 Å². The first-order valence-electron chi connectivity index (χ1n) is 42.1. The predicted molar refractivity (Wildman–Crippen MR) is 498 cm³/mol. The van der Waals surface area contributed by atoms with Crippen LogP contribution >= 0.6 is 40.1 Å². The number of carbonyl (C=O) groups is 4. The number of methoxy groups -OCH3 is 4. The van der Waals surface area contributed by atoms with E-state index < -0.39 is 88.2 Å². The van der Waals surface area contributed by atoms with Crippen molar-refractivity contribution in [1.82, 2.24) is 0 Å². The van der Waals surface area contributed by atoms with Gasteiger partial charge in [-0.05, 0) is 97.5 Å². The molecule has 668 valence electrons. The molecule has 123 heavy (non-hydrogen) atoms. The molecule has 2 aliphatic rings. The average molecular weight is 1870 g/mol. The van der Waals surface area contributed by atoms with Crippen molar-refractivity contribution in [2.75, 3.05) is 55.2 Å². The Kier molecular flexibility index (Phi) is 40.0. The van der Waals surface area contributed by atoms with Gasteiger partial charge in [0.1, 0.15) is 41.6 Å². The van der Waals surface area contributed by atoms with Gasteiger partial charge < -0.3 is 42.1 Å². The number of hydrogen-bond donors (Lipinski definition) is 0. The van der Waals surface area contributed by atoms with Crippen LogP contribution in [0.15, 0.2) is 194 Å². The van der Waals surface area contributed by atoms with E-state index in [1.165, 1.54) is 14.2 Å². The summed E-state index contributed by atoms with van der Waals surface area (Å²) in [6, 6.07) is 51.9. The normalized spacial score (nSPS) is 18.4. The van der Waals surface area contributed by atoms with Crippen LogP contribution < -0.4 is 32.9 Å². The Hall–Kier alpha value is -7.37. The van der Waals surface area contributed by atoms with Crippen LogP contribution in [0.4, 0.5) is 0 Å². The Bertz CT molecular complexity index is 4550. The minimum absolute atomic E-state index is 0.0666. The fraction of sp³-hybridized carbons (Fsp3) is 0.447. The number of benzene rings is 7. The number of esters is 4. The van der Waals surface area contributed by atoms with E-state index >= 15 is 0 Å². The van der Waals surface area contributed by atoms with Gasteiger partial charge in [0.05, 0.1) is 34.0 Å². The molecule has 0 bridgehead atoms. The van der Waals surface area contributed by atoms with E-state index in [9.17, 15) is 19.2 Å². The summed E-state index contributed by atoms with van der Waals surface area (Å²) in [5.41, 5.74) is 4.48. The van der Waals surface area contributed by atoms with E-state index in [0.29, 0.717) is 58.8 Å². The van der Waals surface area contributed by atoms with Crippen LogP contribution in [0.1, 0.15) is 143 Å². The Morgan fingerprint density at radius 3 is 1.39 bits per heavy atom. The summed E-state index contributed by atoms with van der Waals surface area (Å²) in [5.74, 6) is -1.11. The van der Waals surface area contributed by atoms with Crippen LogP contribution in [0.25, 0.3) is 6.08 Å². The summed E-state index contributed by atoms with van der Waals surface area (Å²) in [6.07, 6.45) is 8.11. The molecule has 7 aromatic rings. The first-order valence-corrected chi connectivity index (χ1v) is 54.3. The third-order valence-corrected chi connectivity index (χ3v) is 27.6. The van der Waals surface area contributed by atoms with Crippen LogP contribution in [-0.2, 0) is 68.9 Å². The predicted octanol–water partition coefficient (Wildman–Crippen LogP) is 20.3. The molecule has 0 N–H and O–H groups in total. The molecule has 13 atom stereocenters. The molecule has 2 heterocycles. The molecule has 0 aromatic heterocycles. The maximum atomic E-state index is 14.5. The van der Waals surface area contributed by atoms with Gasteiger partial charge in [-0.15, -0.1) is 0 Å². The fourth-order valence-electron chi connectivity index (χ4n) is 13.0. The molecule has 7 aromatic carbocycles. The van der Waals surface area contributed by atoms with Crippen LogP contribution in [0.5, 0.6) is 34.5 Å². The summed E-state index contributed by atoms with van der Waals surface area (Å²) < 4.78 is 124. The topological polar surface area (TPSA) is 234 Å². The zero-order valence-corrected chi connectivity index (χ0v) is 81.2. The molecule has 2 saturated heterocycles. The second kappa shape index (κ2) is 50.2. The van der Waals surface area contributed by atoms with Crippen LogP contribution in [-0.4, -0.2) is 173 Å². The Morgan fingerprint density at radius 2 is 0.943 bits per heavy atom. The summed E-state index contributed by atoms with van der Waals surface area (Å²) in [7, 11) is 2.95. The molecule has 0 saturated carbocycles. The Balaban J connectivity index is 0.000000312. The molecule has 0 spiro atoms. The van der Waals surface area contributed by atoms with E-state index in [1.807, 2.05) is 177 Å². The quantitative estimate of drug-likeness (QED) is 0.00655. The van der Waals surface area contributed by atoms with Gasteiger partial charge in [-0.25, -0.2) is 9.59 Å². The summed E-state index contributed by atoms with van der Waals surface area (Å²) in [6.45, 7) is 29.5. The van der Waals surface area contributed by atoms with Crippen molar-refractivity contribution in [3.63, 3.8) is 0 Å². The summed E-state index contributed by atoms with van der Waals surface area (Å²) in [4.78, 5) is 55.3. The van der Waals surface area contributed by atoms with Crippen molar-refractivity contribution in [3.8, 4) is 34.5 Å². The molecule has 0 aliphatic carbocycles. The van der Waals surface area contributed by atoms with Crippen LogP contribution in [0.2, 0.25) is 51.4 Å². The van der Waals surface area contributed by atoms with Gasteiger partial charge in [-0.3, -0.25) is 0 Å². The second-order valence-corrected chi connectivity index (χ2v) is 48.8. The molecule has 29 heteroatoms. The SMILES string of the molecule is [3H]PSO[C@@H](C)[C@H](C)/C=C\C(OC(=O)c1ccccc1)[C@H]1OC(C)(C)O[C@H]1C/C=C/c1cc(OCc2ccc(OC)cc2)cc(OCOC)c1C(=O)OCC[Si](C)(C)C.[3H]PSO[C@@H](C)[C@H](C)/C=C\C(OC(=O)c1ccccc1)[C@H]1OC(C)(C)O[C@H]1CCC([Se]c1ccccc1)c1cc(OCc2ccc(OC)cc2)cc(OCOC)c1C(=O)OCC[Si](C)(C)C. The summed E-state index contributed by atoms with van der Waals surface area (Å²) in [5, 5.41) is 0. The van der Waals surface area contributed by atoms with Gasteiger partial charge in [0.25, 0.3) is 0 Å². The molecule has 22 nitrogen and oxygen atoms in total. The van der Waals surface area contributed by atoms with Gasteiger partial charge >= 0.3 is 405 Å². The third-order valence-electron chi connectivity index (χ3n) is 20.0. The molecule has 9 rings (SSSR count).